The average Bonchev–Trinajstić information content (AvgIpc) is 2.71. The second kappa shape index (κ2) is 20.5. The van der Waals surface area contributed by atoms with E-state index in [1.807, 2.05) is 0 Å². The summed E-state index contributed by atoms with van der Waals surface area (Å²) in [7, 11) is 5.54. The number of hydrogen-bond acceptors (Lipinski definition) is 7. The largest absolute Gasteiger partial charge is 0.496 e. The molecule has 25 heavy (non-hydrogen) atoms. The molecule has 1 aromatic carbocycles. The molecule has 7 nitrogen and oxygen atoms in total. The minimum atomic E-state index is -1.92. The van der Waals surface area contributed by atoms with Gasteiger partial charge in [-0.2, -0.15) is 0 Å². The molecule has 0 amide bonds. The Bertz CT molecular complexity index is 449. The zero-order chi connectivity index (χ0) is 20.3. The fourth-order valence-electron chi connectivity index (χ4n) is 1.79. The van der Waals surface area contributed by atoms with Crippen molar-refractivity contribution < 1.29 is 18.8 Å². The van der Waals surface area contributed by atoms with Gasteiger partial charge in [0.05, 0.1) is 14.2 Å². The van der Waals surface area contributed by atoms with E-state index >= 15 is 0 Å². The molecule has 1 unspecified atom stereocenters. The lowest BCUT2D eigenvalue weighted by atomic mass is 10.2. The first-order valence-electron chi connectivity index (χ1n) is 8.08. The average molecular weight is 376 g/mol. The fourth-order valence-corrected chi connectivity index (χ4v) is 2.98. The molecule has 1 rings (SSSR count). The molecule has 0 saturated carbocycles. The number of nitrogens with two attached hydrogens (primary N) is 3. The van der Waals surface area contributed by atoms with E-state index in [1.54, 1.807) is 18.2 Å². The van der Waals surface area contributed by atoms with Gasteiger partial charge in [-0.3, -0.25) is 0 Å². The second-order valence-electron chi connectivity index (χ2n) is 4.15. The van der Waals surface area contributed by atoms with Crippen molar-refractivity contribution in [1.82, 2.24) is 0 Å². The third-order valence-corrected chi connectivity index (χ3v) is 4.23. The van der Waals surface area contributed by atoms with Gasteiger partial charge in [0, 0.05) is 0 Å². The monoisotopic (exact) mass is 376 g/mol. The predicted octanol–water partition coefficient (Wildman–Crippen LogP) is 2.59. The number of ether oxygens (including phenoxy) is 2. The number of methoxy groups -OCH3 is 2. The maximum absolute atomic E-state index is 12.3. The summed E-state index contributed by atoms with van der Waals surface area (Å²) in [5, 5.41) is 0. The van der Waals surface area contributed by atoms with Gasteiger partial charge in [-0.05, 0) is 46.1 Å². The highest BCUT2D eigenvalue weighted by Gasteiger charge is 2.34. The number of carbonyl (C=O) groups excluding carboxylic acids is 1. The Morgan fingerprint density at radius 1 is 0.960 bits per heavy atom. The lowest BCUT2D eigenvalue weighted by molar-refractivity contribution is 0.107. The van der Waals surface area contributed by atoms with Crippen LogP contribution in [0.3, 0.4) is 0 Å². The molecule has 146 valence electrons. The van der Waals surface area contributed by atoms with Gasteiger partial charge >= 0.3 is 13.3 Å². The van der Waals surface area contributed by atoms with Crippen molar-refractivity contribution in [3.8, 4) is 11.5 Å². The van der Waals surface area contributed by atoms with Crippen LogP contribution in [0, 0.1) is 0 Å². The molecule has 1 aromatic rings. The maximum atomic E-state index is 12.3. The Labute approximate surface area is 153 Å². The summed E-state index contributed by atoms with van der Waals surface area (Å²) in [5.41, 5.74) is 13.4. The van der Waals surface area contributed by atoms with E-state index < -0.39 is 7.80 Å². The van der Waals surface area contributed by atoms with E-state index in [0.717, 1.165) is 19.3 Å². The van der Waals surface area contributed by atoms with Gasteiger partial charge in [0.1, 0.15) is 11.5 Å². The first-order chi connectivity index (χ1) is 12.2. The Morgan fingerprint density at radius 2 is 1.40 bits per heavy atom. The standard InChI is InChI=1S/C14H20O4P.3CH5N/c1-4-5-6-10-19(16)14(15)13-11(17-2)8-7-9-12(13)18-3;3*1-2/h7-9H,4-6,10H2,1-3H3;3*2H2,1H3/q+1;;;. The van der Waals surface area contributed by atoms with Crippen molar-refractivity contribution in [3.63, 3.8) is 0 Å². The summed E-state index contributed by atoms with van der Waals surface area (Å²) < 4.78 is 22.4. The van der Waals surface area contributed by atoms with Crippen molar-refractivity contribution in [3.05, 3.63) is 23.8 Å². The Morgan fingerprint density at radius 3 is 1.76 bits per heavy atom. The zero-order valence-corrected chi connectivity index (χ0v) is 17.3. The van der Waals surface area contributed by atoms with Crippen LogP contribution in [0.2, 0.25) is 0 Å². The van der Waals surface area contributed by atoms with Gasteiger partial charge < -0.3 is 26.7 Å². The lowest BCUT2D eigenvalue weighted by Gasteiger charge is -2.07. The third-order valence-electron chi connectivity index (χ3n) is 2.83. The molecule has 0 heterocycles. The number of benzene rings is 1. The molecule has 0 aliphatic heterocycles. The minimum Gasteiger partial charge on any atom is -0.496 e. The van der Waals surface area contributed by atoms with Crippen molar-refractivity contribution in [2.75, 3.05) is 41.5 Å². The zero-order valence-electron chi connectivity index (χ0n) is 16.4. The van der Waals surface area contributed by atoms with Gasteiger partial charge in [0.25, 0.3) is 0 Å². The summed E-state index contributed by atoms with van der Waals surface area (Å²) in [4.78, 5) is 12.3. The molecule has 0 aromatic heterocycles. The van der Waals surface area contributed by atoms with Crippen LogP contribution in [-0.2, 0) is 4.57 Å². The highest BCUT2D eigenvalue weighted by Crippen LogP contribution is 2.37. The topological polar surface area (TPSA) is 131 Å². The first kappa shape index (κ1) is 28.3. The van der Waals surface area contributed by atoms with E-state index in [4.69, 9.17) is 9.47 Å². The number of unbranched alkanes of at least 4 members (excludes halogenated alkanes) is 2. The molecule has 0 bridgehead atoms. The molecule has 8 heteroatoms. The Balaban J connectivity index is -0.000000725. The van der Waals surface area contributed by atoms with Crippen molar-refractivity contribution in [1.29, 1.82) is 0 Å². The van der Waals surface area contributed by atoms with Crippen molar-refractivity contribution in [2.45, 2.75) is 26.2 Å². The normalized spacial score (nSPS) is 9.08. The van der Waals surface area contributed by atoms with Crippen LogP contribution >= 0.6 is 7.80 Å². The molecule has 0 radical (unpaired) electrons. The first-order valence-corrected chi connectivity index (χ1v) is 9.53. The van der Waals surface area contributed by atoms with Crippen molar-refractivity contribution in [2.24, 2.45) is 17.2 Å². The predicted molar refractivity (Wildman–Crippen MR) is 106 cm³/mol. The summed E-state index contributed by atoms with van der Waals surface area (Å²) in [6, 6.07) is 5.08. The molecule has 0 fully saturated rings. The van der Waals surface area contributed by atoms with Crippen LogP contribution in [0.4, 0.5) is 0 Å². The van der Waals surface area contributed by atoms with Gasteiger partial charge in [0.15, 0.2) is 11.7 Å². The number of rotatable bonds is 8. The van der Waals surface area contributed by atoms with Gasteiger partial charge in [-0.15, -0.1) is 0 Å². The quantitative estimate of drug-likeness (QED) is 0.469. The SMILES string of the molecule is CCCCC[P+](=O)C(=O)c1c(OC)cccc1OC.CN.CN.CN. The van der Waals surface area contributed by atoms with Crippen LogP contribution in [0.1, 0.15) is 36.5 Å². The fraction of sp³-hybridized carbons (Fsp3) is 0.588. The van der Waals surface area contributed by atoms with Gasteiger partial charge in [0.2, 0.25) is 0 Å². The van der Waals surface area contributed by atoms with Crippen LogP contribution in [0.5, 0.6) is 11.5 Å². The van der Waals surface area contributed by atoms with Gasteiger partial charge in [-0.25, -0.2) is 4.79 Å². The Kier molecular flexibility index (Phi) is 23.2. The van der Waals surface area contributed by atoms with E-state index in [0.29, 0.717) is 17.7 Å². The van der Waals surface area contributed by atoms with Crippen LogP contribution in [-0.4, -0.2) is 47.0 Å². The van der Waals surface area contributed by atoms with E-state index in [1.165, 1.54) is 35.4 Å². The maximum Gasteiger partial charge on any atom is 0.420 e. The second-order valence-corrected chi connectivity index (χ2v) is 5.76. The van der Waals surface area contributed by atoms with E-state index in [-0.39, 0.29) is 11.1 Å². The molecular weight excluding hydrogens is 341 g/mol. The highest BCUT2D eigenvalue weighted by atomic mass is 31.1. The van der Waals surface area contributed by atoms with Crippen LogP contribution in [0.15, 0.2) is 18.2 Å². The molecule has 0 aliphatic rings. The van der Waals surface area contributed by atoms with Crippen LogP contribution < -0.4 is 26.7 Å². The number of carbonyl (C=O) groups is 1. The van der Waals surface area contributed by atoms with Crippen LogP contribution in [0.25, 0.3) is 0 Å². The third kappa shape index (κ3) is 10.8. The van der Waals surface area contributed by atoms with E-state index in [2.05, 4.69) is 24.1 Å². The Hall–Kier alpha value is -1.53. The highest BCUT2D eigenvalue weighted by molar-refractivity contribution is 7.64. The molecular formula is C17H35N3O4P+. The molecule has 0 saturated heterocycles. The molecule has 0 spiro atoms. The molecule has 6 N–H and O–H groups in total. The number of hydrogen-bond donors (Lipinski definition) is 3. The summed E-state index contributed by atoms with van der Waals surface area (Å²) in [6.45, 7) is 2.07. The summed E-state index contributed by atoms with van der Waals surface area (Å²) in [6.07, 6.45) is 3.24. The van der Waals surface area contributed by atoms with Crippen molar-refractivity contribution >= 4 is 13.3 Å². The minimum absolute atomic E-state index is 0.283. The van der Waals surface area contributed by atoms with Gasteiger partial charge in [-0.1, -0.05) is 24.0 Å². The van der Waals surface area contributed by atoms with E-state index in [9.17, 15) is 9.36 Å². The molecule has 1 atom stereocenters. The smallest absolute Gasteiger partial charge is 0.420 e. The molecule has 0 aliphatic carbocycles. The lowest BCUT2D eigenvalue weighted by Crippen LogP contribution is -2.02. The summed E-state index contributed by atoms with van der Waals surface area (Å²) >= 11 is 0. The summed E-state index contributed by atoms with van der Waals surface area (Å²) in [5.74, 6) is 0.811.